The average molecular weight is 174 g/mol. The van der Waals surface area contributed by atoms with Gasteiger partial charge < -0.3 is 15.0 Å². The molecule has 0 bridgehead atoms. The summed E-state index contributed by atoms with van der Waals surface area (Å²) in [7, 11) is 1.55. The van der Waals surface area contributed by atoms with Crippen molar-refractivity contribution in [1.82, 2.24) is 5.06 Å². The Labute approximate surface area is 75.3 Å². The van der Waals surface area contributed by atoms with Crippen LogP contribution in [0.3, 0.4) is 0 Å². The highest BCUT2D eigenvalue weighted by Crippen LogP contribution is 2.26. The number of hydrogen-bond donors (Lipinski definition) is 0. The highest BCUT2D eigenvalue weighted by atomic mass is 16.6. The number of hydroxylamine groups is 2. The Balaban J connectivity index is 4.47. The molecule has 3 heteroatoms. The van der Waals surface area contributed by atoms with E-state index in [1.807, 2.05) is 20.8 Å². The summed E-state index contributed by atoms with van der Waals surface area (Å²) in [5, 5.41) is 12.8. The topological polar surface area (TPSA) is 35.5 Å². The van der Waals surface area contributed by atoms with Gasteiger partial charge in [0.25, 0.3) is 0 Å². The van der Waals surface area contributed by atoms with Crippen LogP contribution in [0.15, 0.2) is 0 Å². The minimum absolute atomic E-state index is 0.362. The number of nitrogens with zero attached hydrogens (tertiary/aromatic N) is 1. The van der Waals surface area contributed by atoms with Crippen LogP contribution in [0.2, 0.25) is 0 Å². The maximum absolute atomic E-state index is 11.7. The monoisotopic (exact) mass is 174 g/mol. The van der Waals surface area contributed by atoms with Gasteiger partial charge >= 0.3 is 0 Å². The van der Waals surface area contributed by atoms with E-state index in [0.29, 0.717) is 0 Å². The lowest BCUT2D eigenvalue weighted by Gasteiger charge is -2.52. The molecule has 0 aromatic heterocycles. The molecule has 0 heterocycles. The van der Waals surface area contributed by atoms with Gasteiger partial charge in [-0.2, -0.15) is 0 Å². The largest absolute Gasteiger partial charge is 0.783 e. The van der Waals surface area contributed by atoms with Crippen LogP contribution < -0.4 is 0 Å². The van der Waals surface area contributed by atoms with E-state index >= 15 is 0 Å². The summed E-state index contributed by atoms with van der Waals surface area (Å²) in [4.78, 5) is 0. The second-order valence-electron chi connectivity index (χ2n) is 4.11. The molecular weight excluding hydrogens is 154 g/mol. The van der Waals surface area contributed by atoms with Crippen molar-refractivity contribution in [2.75, 3.05) is 7.11 Å². The van der Waals surface area contributed by atoms with Gasteiger partial charge in [-0.1, -0.05) is 6.92 Å². The summed E-state index contributed by atoms with van der Waals surface area (Å²) in [5.74, 6) is 0. The molecule has 0 rings (SSSR count). The van der Waals surface area contributed by atoms with Crippen LogP contribution in [-0.2, 0) is 4.74 Å². The van der Waals surface area contributed by atoms with Gasteiger partial charge in [0, 0.05) is 12.6 Å². The van der Waals surface area contributed by atoms with Crippen molar-refractivity contribution in [2.24, 2.45) is 0 Å². The molecule has 0 aliphatic rings. The minimum atomic E-state index is -0.737. The Morgan fingerprint density at radius 2 is 1.67 bits per heavy atom. The molecule has 0 saturated heterocycles. The Bertz CT molecular complexity index is 127. The minimum Gasteiger partial charge on any atom is -0.783 e. The van der Waals surface area contributed by atoms with Crippen LogP contribution in [0.1, 0.15) is 41.0 Å². The predicted octanol–water partition coefficient (Wildman–Crippen LogP) is 2.36. The zero-order valence-corrected chi connectivity index (χ0v) is 8.97. The molecule has 0 fully saturated rings. The van der Waals surface area contributed by atoms with Crippen LogP contribution in [0.4, 0.5) is 0 Å². The zero-order valence-electron chi connectivity index (χ0n) is 8.97. The normalized spacial score (nSPS) is 14.0. The number of hydrogen-bond acceptors (Lipinski definition) is 3. The van der Waals surface area contributed by atoms with Crippen LogP contribution in [0.5, 0.6) is 0 Å². The van der Waals surface area contributed by atoms with Crippen LogP contribution in [0.25, 0.3) is 0 Å². The molecule has 0 amide bonds. The van der Waals surface area contributed by atoms with Gasteiger partial charge in [-0.25, -0.2) is 0 Å². The lowest BCUT2D eigenvalue weighted by atomic mass is 9.99. The second-order valence-corrected chi connectivity index (χ2v) is 4.11. The summed E-state index contributed by atoms with van der Waals surface area (Å²) in [5.41, 5.74) is -1.10. The maximum Gasteiger partial charge on any atom is 0.104 e. The molecule has 0 atom stereocenters. The predicted molar refractivity (Wildman–Crippen MR) is 50.7 cm³/mol. The third kappa shape index (κ3) is 2.44. The van der Waals surface area contributed by atoms with Crippen molar-refractivity contribution in [3.8, 4) is 0 Å². The van der Waals surface area contributed by atoms with Crippen molar-refractivity contribution < 1.29 is 4.74 Å². The SMILES string of the molecule is CCC(C)(C)N([O-])C(C)(C)OC. The Morgan fingerprint density at radius 1 is 1.25 bits per heavy atom. The quantitative estimate of drug-likeness (QED) is 0.485. The van der Waals surface area contributed by atoms with Crippen molar-refractivity contribution in [2.45, 2.75) is 52.3 Å². The summed E-state index contributed by atoms with van der Waals surface area (Å²) < 4.78 is 5.10. The molecule has 74 valence electrons. The third-order valence-corrected chi connectivity index (χ3v) is 2.40. The van der Waals surface area contributed by atoms with E-state index in [2.05, 4.69) is 0 Å². The fourth-order valence-electron chi connectivity index (χ4n) is 0.955. The average Bonchev–Trinajstić information content (AvgIpc) is 2.03. The molecule has 0 unspecified atom stereocenters. The van der Waals surface area contributed by atoms with E-state index in [-0.39, 0.29) is 5.54 Å². The molecule has 0 saturated carbocycles. The van der Waals surface area contributed by atoms with Crippen molar-refractivity contribution in [3.63, 3.8) is 0 Å². The fourth-order valence-corrected chi connectivity index (χ4v) is 0.955. The first kappa shape index (κ1) is 11.9. The Kier molecular flexibility index (Phi) is 3.69. The molecular formula is C9H20NO2-. The lowest BCUT2D eigenvalue weighted by molar-refractivity contribution is -0.123. The number of ether oxygens (including phenoxy) is 1. The number of rotatable bonds is 4. The van der Waals surface area contributed by atoms with E-state index < -0.39 is 5.72 Å². The Morgan fingerprint density at radius 3 is 1.92 bits per heavy atom. The first-order valence-electron chi connectivity index (χ1n) is 4.30. The van der Waals surface area contributed by atoms with E-state index in [0.717, 1.165) is 11.5 Å². The summed E-state index contributed by atoms with van der Waals surface area (Å²) >= 11 is 0. The van der Waals surface area contributed by atoms with E-state index in [9.17, 15) is 5.21 Å². The second kappa shape index (κ2) is 3.73. The smallest absolute Gasteiger partial charge is 0.104 e. The number of methoxy groups -OCH3 is 1. The van der Waals surface area contributed by atoms with Crippen molar-refractivity contribution in [1.29, 1.82) is 0 Å². The zero-order chi connectivity index (χ0) is 9.99. The van der Waals surface area contributed by atoms with Gasteiger partial charge in [0.05, 0.1) is 0 Å². The van der Waals surface area contributed by atoms with Gasteiger partial charge in [-0.3, -0.25) is 0 Å². The van der Waals surface area contributed by atoms with Crippen LogP contribution >= 0.6 is 0 Å². The first-order valence-corrected chi connectivity index (χ1v) is 4.30. The fraction of sp³-hybridized carbons (Fsp3) is 1.00. The molecule has 0 N–H and O–H groups in total. The summed E-state index contributed by atoms with van der Waals surface area (Å²) in [6.45, 7) is 9.38. The standard InChI is InChI=1S/C9H20NO2/c1-7-8(2,3)10(11)9(4,5)12-6/h7H2,1-6H3/q-1. The molecule has 0 aliphatic heterocycles. The summed E-state index contributed by atoms with van der Waals surface area (Å²) in [6.07, 6.45) is 0.809. The highest BCUT2D eigenvalue weighted by molar-refractivity contribution is 4.86. The Hall–Kier alpha value is -0.120. The molecule has 0 radical (unpaired) electrons. The first-order chi connectivity index (χ1) is 5.28. The summed E-state index contributed by atoms with van der Waals surface area (Å²) in [6, 6.07) is 0. The van der Waals surface area contributed by atoms with E-state index in [4.69, 9.17) is 4.74 Å². The van der Waals surface area contributed by atoms with Crippen molar-refractivity contribution >= 4 is 0 Å². The molecule has 0 aromatic rings. The third-order valence-electron chi connectivity index (χ3n) is 2.40. The lowest BCUT2D eigenvalue weighted by Crippen LogP contribution is -2.52. The highest BCUT2D eigenvalue weighted by Gasteiger charge is 2.28. The van der Waals surface area contributed by atoms with Crippen molar-refractivity contribution in [3.05, 3.63) is 5.21 Å². The van der Waals surface area contributed by atoms with Gasteiger partial charge in [0.2, 0.25) is 0 Å². The van der Waals surface area contributed by atoms with E-state index in [1.54, 1.807) is 21.0 Å². The van der Waals surface area contributed by atoms with Gasteiger partial charge in [-0.05, 0) is 34.1 Å². The molecule has 0 spiro atoms. The van der Waals surface area contributed by atoms with Crippen LogP contribution in [-0.4, -0.2) is 23.4 Å². The van der Waals surface area contributed by atoms with Gasteiger partial charge in [0.15, 0.2) is 0 Å². The molecule has 0 aliphatic carbocycles. The molecule has 0 aromatic carbocycles. The molecule has 12 heavy (non-hydrogen) atoms. The van der Waals surface area contributed by atoms with Crippen LogP contribution in [0, 0.1) is 5.21 Å². The van der Waals surface area contributed by atoms with Gasteiger partial charge in [-0.15, -0.1) is 0 Å². The maximum atomic E-state index is 11.7. The van der Waals surface area contributed by atoms with E-state index in [1.165, 1.54) is 0 Å². The molecule has 3 nitrogen and oxygen atoms in total. The van der Waals surface area contributed by atoms with Gasteiger partial charge in [0.1, 0.15) is 5.72 Å².